The van der Waals surface area contributed by atoms with Crippen molar-refractivity contribution in [3.05, 3.63) is 35.9 Å². The number of benzene rings is 1. The highest BCUT2D eigenvalue weighted by Gasteiger charge is 2.13. The first kappa shape index (κ1) is 11.5. The summed E-state index contributed by atoms with van der Waals surface area (Å²) in [5.41, 5.74) is 1.40. The second kappa shape index (κ2) is 6.05. The van der Waals surface area contributed by atoms with Gasteiger partial charge in [-0.05, 0) is 18.4 Å². The van der Waals surface area contributed by atoms with Crippen LogP contribution in [0.25, 0.3) is 0 Å². The van der Waals surface area contributed by atoms with Gasteiger partial charge in [-0.15, -0.1) is 12.4 Å². The highest BCUT2D eigenvalue weighted by molar-refractivity contribution is 5.85. The third-order valence-corrected chi connectivity index (χ3v) is 2.79. The Labute approximate surface area is 92.3 Å². The van der Waals surface area contributed by atoms with Crippen LogP contribution in [0.1, 0.15) is 31.2 Å². The van der Waals surface area contributed by atoms with E-state index in [1.807, 2.05) is 0 Å². The quantitative estimate of drug-likeness (QED) is 0.810. The molecule has 1 aliphatic rings. The number of rotatable bonds is 3. The Morgan fingerprint density at radius 3 is 2.36 bits per heavy atom. The van der Waals surface area contributed by atoms with E-state index in [4.69, 9.17) is 0 Å². The molecule has 0 amide bonds. The van der Waals surface area contributed by atoms with E-state index < -0.39 is 0 Å². The van der Waals surface area contributed by atoms with Crippen LogP contribution in [0.3, 0.4) is 0 Å². The minimum atomic E-state index is 0. The van der Waals surface area contributed by atoms with Crippen LogP contribution >= 0.6 is 12.4 Å². The Bertz CT molecular complexity index is 242. The van der Waals surface area contributed by atoms with Crippen molar-refractivity contribution in [3.63, 3.8) is 0 Å². The lowest BCUT2D eigenvalue weighted by atomic mass is 10.2. The molecular formula is C12H18ClN. The zero-order chi connectivity index (χ0) is 8.93. The van der Waals surface area contributed by atoms with E-state index in [1.165, 1.54) is 31.2 Å². The average Bonchev–Trinajstić information content (AvgIpc) is 2.69. The predicted molar refractivity (Wildman–Crippen MR) is 62.8 cm³/mol. The highest BCUT2D eigenvalue weighted by atomic mass is 35.5. The maximum atomic E-state index is 3.60. The van der Waals surface area contributed by atoms with Gasteiger partial charge in [0.25, 0.3) is 0 Å². The molecule has 0 heterocycles. The summed E-state index contributed by atoms with van der Waals surface area (Å²) >= 11 is 0. The van der Waals surface area contributed by atoms with Crippen LogP contribution in [-0.2, 0) is 6.54 Å². The Kier molecular flexibility index (Phi) is 4.99. The van der Waals surface area contributed by atoms with E-state index in [0.29, 0.717) is 0 Å². The summed E-state index contributed by atoms with van der Waals surface area (Å²) in [5.74, 6) is 0. The minimum absolute atomic E-state index is 0. The van der Waals surface area contributed by atoms with Crippen molar-refractivity contribution < 1.29 is 0 Å². The summed E-state index contributed by atoms with van der Waals surface area (Å²) in [6, 6.07) is 11.4. The van der Waals surface area contributed by atoms with Gasteiger partial charge in [0.1, 0.15) is 0 Å². The molecule has 0 radical (unpaired) electrons. The largest absolute Gasteiger partial charge is 0.310 e. The molecule has 0 bridgehead atoms. The Balaban J connectivity index is 0.000000980. The maximum Gasteiger partial charge on any atom is 0.0208 e. The Morgan fingerprint density at radius 1 is 1.07 bits per heavy atom. The molecule has 2 heteroatoms. The molecule has 1 aromatic carbocycles. The first-order chi connectivity index (χ1) is 6.45. The fourth-order valence-electron chi connectivity index (χ4n) is 1.99. The molecule has 0 spiro atoms. The molecule has 1 aliphatic carbocycles. The second-order valence-corrected chi connectivity index (χ2v) is 3.85. The SMILES string of the molecule is Cl.c1ccc(CNC2CCCC2)cc1. The number of hydrogen-bond donors (Lipinski definition) is 1. The van der Waals surface area contributed by atoms with Crippen LogP contribution < -0.4 is 5.32 Å². The van der Waals surface area contributed by atoms with Gasteiger partial charge in [-0.25, -0.2) is 0 Å². The number of halogens is 1. The van der Waals surface area contributed by atoms with Gasteiger partial charge in [-0.2, -0.15) is 0 Å². The van der Waals surface area contributed by atoms with E-state index in [9.17, 15) is 0 Å². The van der Waals surface area contributed by atoms with Gasteiger partial charge < -0.3 is 5.32 Å². The highest BCUT2D eigenvalue weighted by Crippen LogP contribution is 2.17. The molecule has 1 aromatic rings. The van der Waals surface area contributed by atoms with Crippen molar-refractivity contribution in [3.8, 4) is 0 Å². The molecular weight excluding hydrogens is 194 g/mol. The van der Waals surface area contributed by atoms with Gasteiger partial charge in [0.05, 0.1) is 0 Å². The summed E-state index contributed by atoms with van der Waals surface area (Å²) in [6.07, 6.45) is 5.55. The summed E-state index contributed by atoms with van der Waals surface area (Å²) in [4.78, 5) is 0. The molecule has 1 N–H and O–H groups in total. The summed E-state index contributed by atoms with van der Waals surface area (Å²) in [6.45, 7) is 1.03. The van der Waals surface area contributed by atoms with E-state index in [1.54, 1.807) is 0 Å². The van der Waals surface area contributed by atoms with Gasteiger partial charge in [0.15, 0.2) is 0 Å². The van der Waals surface area contributed by atoms with Crippen molar-refractivity contribution in [1.29, 1.82) is 0 Å². The Morgan fingerprint density at radius 2 is 1.71 bits per heavy atom. The van der Waals surface area contributed by atoms with Gasteiger partial charge in [0.2, 0.25) is 0 Å². The number of nitrogens with one attached hydrogen (secondary N) is 1. The molecule has 1 saturated carbocycles. The van der Waals surface area contributed by atoms with Crippen molar-refractivity contribution in [2.45, 2.75) is 38.3 Å². The standard InChI is InChI=1S/C12H17N.ClH/c1-2-6-11(7-3-1)10-13-12-8-4-5-9-12;/h1-3,6-7,12-13H,4-5,8-10H2;1H. The van der Waals surface area contributed by atoms with Crippen LogP contribution in [0.4, 0.5) is 0 Å². The van der Waals surface area contributed by atoms with Gasteiger partial charge in [-0.3, -0.25) is 0 Å². The second-order valence-electron chi connectivity index (χ2n) is 3.85. The third-order valence-electron chi connectivity index (χ3n) is 2.79. The number of hydrogen-bond acceptors (Lipinski definition) is 1. The average molecular weight is 212 g/mol. The first-order valence-corrected chi connectivity index (χ1v) is 5.22. The van der Waals surface area contributed by atoms with E-state index in [2.05, 4.69) is 35.6 Å². The summed E-state index contributed by atoms with van der Waals surface area (Å²) in [5, 5.41) is 3.60. The lowest BCUT2D eigenvalue weighted by Gasteiger charge is -2.11. The summed E-state index contributed by atoms with van der Waals surface area (Å²) in [7, 11) is 0. The van der Waals surface area contributed by atoms with Gasteiger partial charge in [-0.1, -0.05) is 43.2 Å². The molecule has 14 heavy (non-hydrogen) atoms. The van der Waals surface area contributed by atoms with E-state index in [0.717, 1.165) is 12.6 Å². The van der Waals surface area contributed by atoms with E-state index >= 15 is 0 Å². The zero-order valence-electron chi connectivity index (χ0n) is 8.41. The molecule has 0 aromatic heterocycles. The minimum Gasteiger partial charge on any atom is -0.310 e. The maximum absolute atomic E-state index is 3.60. The lowest BCUT2D eigenvalue weighted by molar-refractivity contribution is 0.524. The predicted octanol–water partition coefficient (Wildman–Crippen LogP) is 3.14. The van der Waals surface area contributed by atoms with Gasteiger partial charge in [0, 0.05) is 12.6 Å². The molecule has 2 rings (SSSR count). The summed E-state index contributed by atoms with van der Waals surface area (Å²) < 4.78 is 0. The van der Waals surface area contributed by atoms with Gasteiger partial charge >= 0.3 is 0 Å². The van der Waals surface area contributed by atoms with Crippen molar-refractivity contribution >= 4 is 12.4 Å². The molecule has 1 fully saturated rings. The zero-order valence-corrected chi connectivity index (χ0v) is 9.22. The molecule has 1 nitrogen and oxygen atoms in total. The van der Waals surface area contributed by atoms with Crippen LogP contribution in [0.5, 0.6) is 0 Å². The third kappa shape index (κ3) is 3.32. The normalized spacial score (nSPS) is 16.6. The van der Waals surface area contributed by atoms with E-state index in [-0.39, 0.29) is 12.4 Å². The fourth-order valence-corrected chi connectivity index (χ4v) is 1.99. The Hall–Kier alpha value is -0.530. The first-order valence-electron chi connectivity index (χ1n) is 5.22. The topological polar surface area (TPSA) is 12.0 Å². The van der Waals surface area contributed by atoms with Crippen LogP contribution in [0.2, 0.25) is 0 Å². The molecule has 0 aliphatic heterocycles. The van der Waals surface area contributed by atoms with Crippen LogP contribution in [-0.4, -0.2) is 6.04 Å². The fraction of sp³-hybridized carbons (Fsp3) is 0.500. The van der Waals surface area contributed by atoms with Crippen LogP contribution in [0.15, 0.2) is 30.3 Å². The molecule has 0 saturated heterocycles. The monoisotopic (exact) mass is 211 g/mol. The molecule has 78 valence electrons. The van der Waals surface area contributed by atoms with Crippen LogP contribution in [0, 0.1) is 0 Å². The smallest absolute Gasteiger partial charge is 0.0208 e. The lowest BCUT2D eigenvalue weighted by Crippen LogP contribution is -2.25. The molecule has 0 atom stereocenters. The molecule has 0 unspecified atom stereocenters. The van der Waals surface area contributed by atoms with Crippen molar-refractivity contribution in [2.75, 3.05) is 0 Å². The van der Waals surface area contributed by atoms with Crippen molar-refractivity contribution in [2.24, 2.45) is 0 Å². The van der Waals surface area contributed by atoms with Crippen molar-refractivity contribution in [1.82, 2.24) is 5.32 Å².